The highest BCUT2D eigenvalue weighted by atomic mass is 32.2. The number of thioether (sulfide) groups is 1. The molecule has 1 N–H and O–H groups in total. The van der Waals surface area contributed by atoms with Crippen LogP contribution in [0.25, 0.3) is 0 Å². The summed E-state index contributed by atoms with van der Waals surface area (Å²) >= 11 is 3.34. The van der Waals surface area contributed by atoms with Crippen LogP contribution in [0.5, 0.6) is 0 Å². The van der Waals surface area contributed by atoms with Gasteiger partial charge >= 0.3 is 0 Å². The number of carbonyl (C=O) groups is 1. The first-order valence-corrected chi connectivity index (χ1v) is 7.24. The fourth-order valence-corrected chi connectivity index (χ4v) is 3.41. The van der Waals surface area contributed by atoms with E-state index in [0.717, 1.165) is 30.8 Å². The lowest BCUT2D eigenvalue weighted by molar-refractivity contribution is 0.0899. The second-order valence-corrected chi connectivity index (χ2v) is 5.90. The number of rotatable bonds is 3. The molecule has 1 aromatic rings. The molecular formula is C11H15NOS2. The minimum atomic E-state index is 0.250. The molecule has 4 heteroatoms. The molecule has 0 spiro atoms. The molecule has 2 nitrogen and oxygen atoms in total. The predicted molar refractivity (Wildman–Crippen MR) is 66.0 cm³/mol. The fraction of sp³-hybridized carbons (Fsp3) is 0.545. The maximum Gasteiger partial charge on any atom is 0.175 e. The molecule has 1 saturated heterocycles. The SMILES string of the molecule is CSc1ccc(C(=O)C2CCNCC2)s1. The largest absolute Gasteiger partial charge is 0.317 e. The van der Waals surface area contributed by atoms with Crippen molar-refractivity contribution in [2.24, 2.45) is 5.92 Å². The van der Waals surface area contributed by atoms with Gasteiger partial charge in [0.15, 0.2) is 5.78 Å². The quantitative estimate of drug-likeness (QED) is 0.651. The van der Waals surface area contributed by atoms with Gasteiger partial charge in [0.25, 0.3) is 0 Å². The van der Waals surface area contributed by atoms with Crippen LogP contribution in [0.1, 0.15) is 22.5 Å². The molecular weight excluding hydrogens is 226 g/mol. The lowest BCUT2D eigenvalue weighted by Crippen LogP contribution is -2.31. The van der Waals surface area contributed by atoms with E-state index in [2.05, 4.69) is 5.32 Å². The first-order valence-electron chi connectivity index (χ1n) is 5.20. The lowest BCUT2D eigenvalue weighted by Gasteiger charge is -2.20. The summed E-state index contributed by atoms with van der Waals surface area (Å²) in [5.41, 5.74) is 0. The summed E-state index contributed by atoms with van der Waals surface area (Å²) in [5, 5.41) is 3.28. The van der Waals surface area contributed by atoms with Crippen molar-refractivity contribution >= 4 is 28.9 Å². The number of piperidine rings is 1. The van der Waals surface area contributed by atoms with Gasteiger partial charge in [-0.15, -0.1) is 23.1 Å². The molecule has 0 saturated carbocycles. The molecule has 0 amide bonds. The topological polar surface area (TPSA) is 29.1 Å². The monoisotopic (exact) mass is 241 g/mol. The predicted octanol–water partition coefficient (Wildman–Crippen LogP) is 2.65. The van der Waals surface area contributed by atoms with Crippen LogP contribution >= 0.6 is 23.1 Å². The van der Waals surface area contributed by atoms with Crippen LogP contribution in [0.15, 0.2) is 16.3 Å². The Hall–Kier alpha value is -0.320. The molecule has 0 aliphatic carbocycles. The molecule has 1 fully saturated rings. The van der Waals surface area contributed by atoms with E-state index in [0.29, 0.717) is 5.78 Å². The summed E-state index contributed by atoms with van der Waals surface area (Å²) < 4.78 is 1.23. The second-order valence-electron chi connectivity index (χ2n) is 3.71. The summed E-state index contributed by atoms with van der Waals surface area (Å²) in [5.74, 6) is 0.599. The van der Waals surface area contributed by atoms with Crippen molar-refractivity contribution in [2.75, 3.05) is 19.3 Å². The molecule has 0 radical (unpaired) electrons. The van der Waals surface area contributed by atoms with E-state index in [-0.39, 0.29) is 5.92 Å². The van der Waals surface area contributed by atoms with Gasteiger partial charge in [0.05, 0.1) is 9.09 Å². The Kier molecular flexibility index (Phi) is 3.83. The standard InChI is InChI=1S/C11H15NOS2/c1-14-10-3-2-9(15-10)11(13)8-4-6-12-7-5-8/h2-3,8,12H,4-7H2,1H3. The number of carbonyl (C=O) groups excluding carboxylic acids is 1. The minimum absolute atomic E-state index is 0.250. The first-order chi connectivity index (χ1) is 7.31. The number of nitrogens with one attached hydrogen (secondary N) is 1. The summed E-state index contributed by atoms with van der Waals surface area (Å²) in [6.45, 7) is 1.97. The molecule has 0 bridgehead atoms. The van der Waals surface area contributed by atoms with Crippen molar-refractivity contribution in [3.63, 3.8) is 0 Å². The first kappa shape index (κ1) is 11.2. The lowest BCUT2D eigenvalue weighted by atomic mass is 9.93. The highest BCUT2D eigenvalue weighted by molar-refractivity contribution is 8.00. The molecule has 1 aliphatic rings. The number of hydrogen-bond acceptors (Lipinski definition) is 4. The Bertz CT molecular complexity index is 342. The summed E-state index contributed by atoms with van der Waals surface area (Å²) in [6, 6.07) is 4.02. The van der Waals surface area contributed by atoms with Gasteiger partial charge in [0.2, 0.25) is 0 Å². The average molecular weight is 241 g/mol. The van der Waals surface area contributed by atoms with Crippen molar-refractivity contribution in [2.45, 2.75) is 17.1 Å². The molecule has 0 unspecified atom stereocenters. The molecule has 1 aromatic heterocycles. The fourth-order valence-electron chi connectivity index (χ4n) is 1.85. The van der Waals surface area contributed by atoms with Gasteiger partial charge < -0.3 is 5.32 Å². The van der Waals surface area contributed by atoms with Crippen LogP contribution in [-0.4, -0.2) is 25.1 Å². The van der Waals surface area contributed by atoms with E-state index < -0.39 is 0 Å². The smallest absolute Gasteiger partial charge is 0.175 e. The van der Waals surface area contributed by atoms with Crippen molar-refractivity contribution in [3.8, 4) is 0 Å². The van der Waals surface area contributed by atoms with Gasteiger partial charge in [0, 0.05) is 5.92 Å². The summed E-state index contributed by atoms with van der Waals surface area (Å²) in [4.78, 5) is 13.0. The Labute approximate surface area is 98.5 Å². The molecule has 1 aliphatic heterocycles. The molecule has 0 aromatic carbocycles. The molecule has 2 heterocycles. The molecule has 15 heavy (non-hydrogen) atoms. The van der Waals surface area contributed by atoms with Crippen LogP contribution in [0.3, 0.4) is 0 Å². The third-order valence-electron chi connectivity index (χ3n) is 2.74. The van der Waals surface area contributed by atoms with Crippen molar-refractivity contribution in [1.29, 1.82) is 0 Å². The number of thiophene rings is 1. The van der Waals surface area contributed by atoms with Gasteiger partial charge in [0.1, 0.15) is 0 Å². The highest BCUT2D eigenvalue weighted by Gasteiger charge is 2.23. The van der Waals surface area contributed by atoms with E-state index >= 15 is 0 Å². The number of hydrogen-bond donors (Lipinski definition) is 1. The van der Waals surface area contributed by atoms with Crippen LogP contribution < -0.4 is 5.32 Å². The van der Waals surface area contributed by atoms with Gasteiger partial charge in [-0.1, -0.05) is 0 Å². The normalized spacial score (nSPS) is 17.9. The zero-order chi connectivity index (χ0) is 10.7. The molecule has 2 rings (SSSR count). The maximum absolute atomic E-state index is 12.1. The van der Waals surface area contributed by atoms with Crippen molar-refractivity contribution < 1.29 is 4.79 Å². The van der Waals surface area contributed by atoms with Crippen LogP contribution in [0, 0.1) is 5.92 Å². The van der Waals surface area contributed by atoms with E-state index in [1.54, 1.807) is 23.1 Å². The van der Waals surface area contributed by atoms with Crippen molar-refractivity contribution in [1.82, 2.24) is 5.32 Å². The van der Waals surface area contributed by atoms with Gasteiger partial charge in [-0.05, 0) is 44.3 Å². The maximum atomic E-state index is 12.1. The van der Waals surface area contributed by atoms with E-state index in [4.69, 9.17) is 0 Å². The van der Waals surface area contributed by atoms with Gasteiger partial charge in [-0.25, -0.2) is 0 Å². The van der Waals surface area contributed by atoms with Gasteiger partial charge in [-0.3, -0.25) is 4.79 Å². The third-order valence-corrected chi connectivity index (χ3v) is 4.92. The average Bonchev–Trinajstić information content (AvgIpc) is 2.78. The zero-order valence-corrected chi connectivity index (χ0v) is 10.4. The van der Waals surface area contributed by atoms with Crippen LogP contribution in [0.2, 0.25) is 0 Å². The summed E-state index contributed by atoms with van der Waals surface area (Å²) in [7, 11) is 0. The minimum Gasteiger partial charge on any atom is -0.317 e. The number of ketones is 1. The molecule has 82 valence electrons. The van der Waals surface area contributed by atoms with Crippen LogP contribution in [0.4, 0.5) is 0 Å². The Morgan fingerprint density at radius 3 is 2.80 bits per heavy atom. The highest BCUT2D eigenvalue weighted by Crippen LogP contribution is 2.28. The van der Waals surface area contributed by atoms with Crippen molar-refractivity contribution in [3.05, 3.63) is 17.0 Å². The van der Waals surface area contributed by atoms with E-state index in [1.807, 2.05) is 18.4 Å². The molecule has 0 atom stereocenters. The van der Waals surface area contributed by atoms with Crippen LogP contribution in [-0.2, 0) is 0 Å². The zero-order valence-electron chi connectivity index (χ0n) is 8.79. The Morgan fingerprint density at radius 1 is 1.47 bits per heavy atom. The summed E-state index contributed by atoms with van der Waals surface area (Å²) in [6.07, 6.45) is 4.03. The number of Topliss-reactive ketones (excluding diaryl/α,β-unsaturated/α-hetero) is 1. The second kappa shape index (κ2) is 5.14. The van der Waals surface area contributed by atoms with Gasteiger partial charge in [-0.2, -0.15) is 0 Å². The third kappa shape index (κ3) is 2.62. The Balaban J connectivity index is 2.05. The van der Waals surface area contributed by atoms with E-state index in [9.17, 15) is 4.79 Å². The Morgan fingerprint density at radius 2 is 2.20 bits per heavy atom. The van der Waals surface area contributed by atoms with E-state index in [1.165, 1.54) is 4.21 Å².